The van der Waals surface area contributed by atoms with Crippen molar-refractivity contribution in [3.8, 4) is 0 Å². The van der Waals surface area contributed by atoms with Crippen LogP contribution in [0.1, 0.15) is 46.6 Å². The Morgan fingerprint density at radius 1 is 1.16 bits per heavy atom. The minimum absolute atomic E-state index is 0.0366. The highest BCUT2D eigenvalue weighted by molar-refractivity contribution is 7.93. The van der Waals surface area contributed by atoms with Crippen LogP contribution < -0.4 is 0 Å². The molecule has 1 N–H and O–H groups in total. The third kappa shape index (κ3) is 12.3. The molecule has 2 nitrogen and oxygen atoms in total. The highest BCUT2D eigenvalue weighted by atomic mass is 32.2. The fraction of sp³-hybridized carbons (Fsp3) is 0.625. The van der Waals surface area contributed by atoms with Gasteiger partial charge in [-0.2, -0.15) is 0 Å². The first-order valence-electron chi connectivity index (χ1n) is 6.76. The normalized spacial score (nSPS) is 11.2. The summed E-state index contributed by atoms with van der Waals surface area (Å²) in [6, 6.07) is 7.72. The lowest BCUT2D eigenvalue weighted by Crippen LogP contribution is -2.20. The third-order valence-corrected chi connectivity index (χ3v) is 2.84. The summed E-state index contributed by atoms with van der Waals surface area (Å²) in [5, 5.41) is 0. The zero-order chi connectivity index (χ0) is 14.9. The summed E-state index contributed by atoms with van der Waals surface area (Å²) in [6.07, 6.45) is 1.16. The number of hydrogen-bond donors (Lipinski definition) is 1. The maximum absolute atomic E-state index is 8.55. The van der Waals surface area contributed by atoms with Gasteiger partial charge < -0.3 is 9.29 Å². The van der Waals surface area contributed by atoms with Gasteiger partial charge in [-0.15, -0.1) is 0 Å². The van der Waals surface area contributed by atoms with Crippen LogP contribution in [0.2, 0.25) is 0 Å². The summed E-state index contributed by atoms with van der Waals surface area (Å²) >= 11 is 0.777. The summed E-state index contributed by atoms with van der Waals surface area (Å²) in [5.74, 6) is 0.752. The molecule has 0 aromatic heterocycles. The second kappa shape index (κ2) is 9.40. The fourth-order valence-electron chi connectivity index (χ4n) is 1.20. The molecule has 0 atom stereocenters. The van der Waals surface area contributed by atoms with Crippen LogP contribution >= 0.6 is 12.0 Å². The summed E-state index contributed by atoms with van der Waals surface area (Å²) in [5.41, 5.74) is 1.25. The molecule has 19 heavy (non-hydrogen) atoms. The molecule has 1 aromatic rings. The Bertz CT molecular complexity index is 326. The molecule has 0 saturated heterocycles. The van der Waals surface area contributed by atoms with E-state index < -0.39 is 0 Å². The monoisotopic (exact) mass is 284 g/mol. The average Bonchev–Trinajstić information content (AvgIpc) is 2.28. The zero-order valence-electron chi connectivity index (χ0n) is 13.1. The molecule has 0 amide bonds. The molecular weight excluding hydrogens is 256 g/mol. The Labute approximate surface area is 122 Å². The fourth-order valence-corrected chi connectivity index (χ4v) is 1.46. The van der Waals surface area contributed by atoms with Crippen molar-refractivity contribution < 1.29 is 9.29 Å². The molecule has 0 saturated carbocycles. The second-order valence-corrected chi connectivity index (χ2v) is 6.70. The van der Waals surface area contributed by atoms with Gasteiger partial charge in [-0.05, 0) is 52.2 Å². The minimum Gasteiger partial charge on any atom is -0.376 e. The van der Waals surface area contributed by atoms with E-state index in [1.807, 2.05) is 31.2 Å². The van der Waals surface area contributed by atoms with Crippen molar-refractivity contribution in [2.45, 2.75) is 58.5 Å². The number of hydrogen-bond acceptors (Lipinski definition) is 3. The Hall–Kier alpha value is -0.510. The number of benzene rings is 1. The lowest BCUT2D eigenvalue weighted by Gasteiger charge is -2.19. The second-order valence-electron chi connectivity index (χ2n) is 6.05. The Balaban J connectivity index is 0.000000342. The van der Waals surface area contributed by atoms with Crippen molar-refractivity contribution in [3.05, 3.63) is 29.8 Å². The van der Waals surface area contributed by atoms with Crippen LogP contribution in [0.4, 0.5) is 0 Å². The molecular formula is C16H28O2S. The number of aryl methyl sites for hydroxylation is 1. The highest BCUT2D eigenvalue weighted by Crippen LogP contribution is 2.13. The molecule has 0 aliphatic carbocycles. The van der Waals surface area contributed by atoms with E-state index in [1.165, 1.54) is 5.56 Å². The van der Waals surface area contributed by atoms with Gasteiger partial charge in [0.2, 0.25) is 0 Å². The molecule has 0 spiro atoms. The molecule has 1 rings (SSSR count). The average molecular weight is 284 g/mol. The molecule has 0 bridgehead atoms. The Morgan fingerprint density at radius 3 is 2.05 bits per heavy atom. The van der Waals surface area contributed by atoms with E-state index >= 15 is 0 Å². The summed E-state index contributed by atoms with van der Waals surface area (Å²) in [7, 11) is 0. The Morgan fingerprint density at radius 2 is 1.68 bits per heavy atom. The van der Waals surface area contributed by atoms with Crippen LogP contribution in [0, 0.1) is 12.8 Å². The lowest BCUT2D eigenvalue weighted by atomic mass is 10.1. The molecule has 110 valence electrons. The van der Waals surface area contributed by atoms with Crippen LogP contribution in [0.5, 0.6) is 0 Å². The maximum atomic E-state index is 8.55. The SMILES string of the molecule is CC(C)CCOC(C)(C)C.Cc1ccc(SO)cc1. The van der Waals surface area contributed by atoms with Gasteiger partial charge in [0.05, 0.1) is 5.60 Å². The molecule has 3 heteroatoms. The standard InChI is InChI=1S/C9H20O.C7H8OS/c1-8(2)6-7-10-9(3,4)5;1-6-2-4-7(9-8)5-3-6/h8H,6-7H2,1-5H3;2-5,8H,1H3. The Kier molecular flexibility index (Phi) is 9.15. The summed E-state index contributed by atoms with van der Waals surface area (Å²) in [4.78, 5) is 0.889. The number of ether oxygens (including phenoxy) is 1. The van der Waals surface area contributed by atoms with Gasteiger partial charge in [0.25, 0.3) is 0 Å². The van der Waals surface area contributed by atoms with Gasteiger partial charge in [-0.1, -0.05) is 31.5 Å². The van der Waals surface area contributed by atoms with Crippen molar-refractivity contribution in [2.75, 3.05) is 6.61 Å². The molecule has 0 radical (unpaired) electrons. The van der Waals surface area contributed by atoms with E-state index in [-0.39, 0.29) is 5.60 Å². The van der Waals surface area contributed by atoms with Crippen molar-refractivity contribution in [3.63, 3.8) is 0 Å². The quantitative estimate of drug-likeness (QED) is 0.750. The van der Waals surface area contributed by atoms with Crippen molar-refractivity contribution in [1.82, 2.24) is 0 Å². The van der Waals surface area contributed by atoms with E-state index in [4.69, 9.17) is 9.29 Å². The smallest absolute Gasteiger partial charge is 0.0598 e. The van der Waals surface area contributed by atoms with Crippen LogP contribution in [0.25, 0.3) is 0 Å². The maximum Gasteiger partial charge on any atom is 0.0598 e. The predicted molar refractivity (Wildman–Crippen MR) is 84.8 cm³/mol. The van der Waals surface area contributed by atoms with Crippen LogP contribution in [-0.4, -0.2) is 16.8 Å². The molecule has 0 aliphatic heterocycles. The van der Waals surface area contributed by atoms with Crippen LogP contribution in [-0.2, 0) is 4.74 Å². The van der Waals surface area contributed by atoms with Crippen molar-refractivity contribution in [2.24, 2.45) is 5.92 Å². The van der Waals surface area contributed by atoms with Gasteiger partial charge in [0, 0.05) is 23.5 Å². The number of rotatable bonds is 4. The van der Waals surface area contributed by atoms with E-state index in [0.717, 1.165) is 35.9 Å². The van der Waals surface area contributed by atoms with E-state index in [2.05, 4.69) is 34.6 Å². The molecule has 0 aliphatic rings. The van der Waals surface area contributed by atoms with Crippen molar-refractivity contribution >= 4 is 12.0 Å². The van der Waals surface area contributed by atoms with Gasteiger partial charge in [-0.3, -0.25) is 0 Å². The molecule has 1 aromatic carbocycles. The first-order valence-corrected chi connectivity index (χ1v) is 7.54. The topological polar surface area (TPSA) is 29.5 Å². The van der Waals surface area contributed by atoms with Crippen molar-refractivity contribution in [1.29, 1.82) is 0 Å². The minimum atomic E-state index is 0.0366. The highest BCUT2D eigenvalue weighted by Gasteiger charge is 2.09. The third-order valence-electron chi connectivity index (χ3n) is 2.36. The molecule has 0 unspecified atom stereocenters. The van der Waals surface area contributed by atoms with Gasteiger partial charge >= 0.3 is 0 Å². The lowest BCUT2D eigenvalue weighted by molar-refractivity contribution is -0.00774. The first kappa shape index (κ1) is 18.5. The van der Waals surface area contributed by atoms with Crippen LogP contribution in [0.15, 0.2) is 29.2 Å². The van der Waals surface area contributed by atoms with E-state index in [1.54, 1.807) is 0 Å². The van der Waals surface area contributed by atoms with E-state index in [0.29, 0.717) is 0 Å². The zero-order valence-corrected chi connectivity index (χ0v) is 13.9. The summed E-state index contributed by atoms with van der Waals surface area (Å²) < 4.78 is 14.1. The predicted octanol–water partition coefficient (Wildman–Crippen LogP) is 5.41. The van der Waals surface area contributed by atoms with Crippen LogP contribution in [0.3, 0.4) is 0 Å². The first-order chi connectivity index (χ1) is 8.74. The van der Waals surface area contributed by atoms with Gasteiger partial charge in [0.1, 0.15) is 0 Å². The van der Waals surface area contributed by atoms with Gasteiger partial charge in [-0.25, -0.2) is 0 Å². The largest absolute Gasteiger partial charge is 0.376 e. The van der Waals surface area contributed by atoms with E-state index in [9.17, 15) is 0 Å². The summed E-state index contributed by atoms with van der Waals surface area (Å²) in [6.45, 7) is 13.6. The molecule has 0 fully saturated rings. The molecule has 0 heterocycles. The van der Waals surface area contributed by atoms with Gasteiger partial charge in [0.15, 0.2) is 0 Å².